The maximum Gasteiger partial charge on any atom is 0.332 e. The van der Waals surface area contributed by atoms with Gasteiger partial charge in [-0.25, -0.2) is 9.78 Å². The summed E-state index contributed by atoms with van der Waals surface area (Å²) in [5.74, 6) is 2.22. The fraction of sp³-hybridized carbons (Fsp3) is 0.722. The van der Waals surface area contributed by atoms with Gasteiger partial charge >= 0.3 is 5.69 Å². The van der Waals surface area contributed by atoms with Crippen LogP contribution in [0.1, 0.15) is 26.1 Å². The fourth-order valence-electron chi connectivity index (χ4n) is 4.34. The summed E-state index contributed by atoms with van der Waals surface area (Å²) in [6, 6.07) is 0. The van der Waals surface area contributed by atoms with Crippen LogP contribution in [0.15, 0.2) is 9.59 Å². The first kappa shape index (κ1) is 18.8. The molecule has 1 fully saturated rings. The van der Waals surface area contributed by atoms with Gasteiger partial charge in [-0.1, -0.05) is 13.8 Å². The van der Waals surface area contributed by atoms with Gasteiger partial charge in [-0.3, -0.25) is 13.9 Å². The molecule has 144 valence electrons. The van der Waals surface area contributed by atoms with Crippen LogP contribution in [0.4, 0.5) is 0 Å². The molecule has 0 amide bonds. The van der Waals surface area contributed by atoms with Crippen LogP contribution in [-0.4, -0.2) is 45.5 Å². The van der Waals surface area contributed by atoms with Crippen LogP contribution in [0.5, 0.6) is 0 Å². The van der Waals surface area contributed by atoms with Gasteiger partial charge in [-0.2, -0.15) is 0 Å². The molecule has 2 aromatic rings. The van der Waals surface area contributed by atoms with Crippen molar-refractivity contribution < 1.29 is 9.64 Å². The summed E-state index contributed by atoms with van der Waals surface area (Å²) in [6.07, 6.45) is 1.26. The first-order valence-electron chi connectivity index (χ1n) is 9.31. The minimum Gasteiger partial charge on any atom is -0.383 e. The number of fused-ring (bicyclic) bond motifs is 1. The first-order chi connectivity index (χ1) is 12.3. The molecule has 1 aliphatic heterocycles. The van der Waals surface area contributed by atoms with E-state index in [0.717, 1.165) is 30.0 Å². The van der Waals surface area contributed by atoms with E-state index in [-0.39, 0.29) is 11.2 Å². The average molecular weight is 364 g/mol. The van der Waals surface area contributed by atoms with Crippen molar-refractivity contribution in [3.05, 3.63) is 26.7 Å². The summed E-state index contributed by atoms with van der Waals surface area (Å²) in [7, 11) is 4.82. The molecular weight excluding hydrogens is 334 g/mol. The first-order valence-corrected chi connectivity index (χ1v) is 9.31. The SMILES string of the molecule is COCCn1c(C[NH+]2C[C@H](C)C[C@H](C)C2)nc2c1c(=O)n(C)c(=O)n2C. The molecule has 1 saturated heterocycles. The quantitative estimate of drug-likeness (QED) is 0.749. The van der Waals surface area contributed by atoms with Crippen molar-refractivity contribution >= 4 is 11.2 Å². The second kappa shape index (κ2) is 7.36. The molecule has 0 radical (unpaired) electrons. The van der Waals surface area contributed by atoms with Crippen LogP contribution >= 0.6 is 0 Å². The molecule has 0 aromatic carbocycles. The Morgan fingerprint density at radius 3 is 2.42 bits per heavy atom. The van der Waals surface area contributed by atoms with Crippen LogP contribution in [0.25, 0.3) is 11.2 Å². The van der Waals surface area contributed by atoms with Gasteiger partial charge < -0.3 is 14.2 Å². The molecular formula is C18H30N5O3+. The molecule has 0 spiro atoms. The smallest absolute Gasteiger partial charge is 0.332 e. The van der Waals surface area contributed by atoms with Gasteiger partial charge in [0.15, 0.2) is 17.0 Å². The average Bonchev–Trinajstić information content (AvgIpc) is 2.93. The van der Waals surface area contributed by atoms with Crippen LogP contribution in [-0.2, 0) is 31.9 Å². The van der Waals surface area contributed by atoms with Crippen molar-refractivity contribution in [1.29, 1.82) is 0 Å². The summed E-state index contributed by atoms with van der Waals surface area (Å²) >= 11 is 0. The molecule has 0 aliphatic carbocycles. The van der Waals surface area contributed by atoms with Crippen molar-refractivity contribution in [2.24, 2.45) is 25.9 Å². The lowest BCUT2D eigenvalue weighted by Gasteiger charge is -2.31. The summed E-state index contributed by atoms with van der Waals surface area (Å²) < 4.78 is 9.78. The Bertz CT molecular complexity index is 900. The van der Waals surface area contributed by atoms with E-state index in [4.69, 9.17) is 9.72 Å². The number of piperidine rings is 1. The summed E-state index contributed by atoms with van der Waals surface area (Å²) in [6.45, 7) is 8.60. The highest BCUT2D eigenvalue weighted by atomic mass is 16.5. The maximum absolute atomic E-state index is 12.7. The van der Waals surface area contributed by atoms with E-state index >= 15 is 0 Å². The van der Waals surface area contributed by atoms with Gasteiger partial charge in [0.1, 0.15) is 6.54 Å². The van der Waals surface area contributed by atoms with Gasteiger partial charge in [-0.15, -0.1) is 0 Å². The predicted octanol–water partition coefficient (Wildman–Crippen LogP) is -0.859. The number of aromatic nitrogens is 4. The van der Waals surface area contributed by atoms with Gasteiger partial charge in [0.05, 0.1) is 19.7 Å². The predicted molar refractivity (Wildman–Crippen MR) is 99.4 cm³/mol. The highest BCUT2D eigenvalue weighted by Gasteiger charge is 2.28. The molecule has 0 saturated carbocycles. The fourth-order valence-corrected chi connectivity index (χ4v) is 4.34. The number of nitrogens with one attached hydrogen (secondary N) is 1. The third-order valence-electron chi connectivity index (χ3n) is 5.43. The highest BCUT2D eigenvalue weighted by molar-refractivity contribution is 5.71. The van der Waals surface area contributed by atoms with Crippen molar-refractivity contribution in [1.82, 2.24) is 18.7 Å². The number of rotatable bonds is 5. The second-order valence-electron chi connectivity index (χ2n) is 7.83. The van der Waals surface area contributed by atoms with E-state index in [0.29, 0.717) is 36.2 Å². The van der Waals surface area contributed by atoms with Crippen LogP contribution in [0, 0.1) is 11.8 Å². The molecule has 3 rings (SSSR count). The van der Waals surface area contributed by atoms with E-state index in [1.807, 2.05) is 4.57 Å². The number of nitrogens with zero attached hydrogens (tertiary/aromatic N) is 4. The molecule has 1 N–H and O–H groups in total. The lowest BCUT2D eigenvalue weighted by atomic mass is 9.92. The van der Waals surface area contributed by atoms with E-state index < -0.39 is 0 Å². The van der Waals surface area contributed by atoms with Gasteiger partial charge in [-0.05, 0) is 6.42 Å². The largest absolute Gasteiger partial charge is 0.383 e. The van der Waals surface area contributed by atoms with E-state index in [1.165, 1.54) is 22.9 Å². The Balaban J connectivity index is 2.09. The number of quaternary nitrogens is 1. The van der Waals surface area contributed by atoms with E-state index in [9.17, 15) is 9.59 Å². The molecule has 8 nitrogen and oxygen atoms in total. The van der Waals surface area contributed by atoms with Gasteiger partial charge in [0.2, 0.25) is 0 Å². The number of imidazole rings is 1. The monoisotopic (exact) mass is 364 g/mol. The second-order valence-corrected chi connectivity index (χ2v) is 7.83. The summed E-state index contributed by atoms with van der Waals surface area (Å²) in [5.41, 5.74) is 0.298. The van der Waals surface area contributed by atoms with Crippen LogP contribution in [0.2, 0.25) is 0 Å². The molecule has 26 heavy (non-hydrogen) atoms. The topological polar surface area (TPSA) is 75.5 Å². The van der Waals surface area contributed by atoms with Crippen molar-refractivity contribution in [3.8, 4) is 0 Å². The number of hydrogen-bond acceptors (Lipinski definition) is 4. The summed E-state index contributed by atoms with van der Waals surface area (Å²) in [4.78, 5) is 31.2. The standard InChI is InChI=1S/C18H29N5O3/c1-12-8-13(2)10-22(9-12)11-14-19-16-15(23(14)6-7-26-5)17(24)21(4)18(25)20(16)3/h12-13H,6-11H2,1-5H3/p+1/t12-,13+. The molecule has 3 atom stereocenters. The van der Waals surface area contributed by atoms with E-state index in [2.05, 4.69) is 13.8 Å². The Kier molecular flexibility index (Phi) is 5.34. The maximum atomic E-state index is 12.7. The molecule has 8 heteroatoms. The molecule has 3 heterocycles. The zero-order valence-electron chi connectivity index (χ0n) is 16.4. The molecule has 1 aliphatic rings. The van der Waals surface area contributed by atoms with E-state index in [1.54, 1.807) is 14.2 Å². The Labute approximate surface area is 153 Å². The number of ether oxygens (including phenoxy) is 1. The zero-order chi connectivity index (χ0) is 19.0. The number of likely N-dealkylation sites (tertiary alicyclic amines) is 1. The Hall–Kier alpha value is -1.93. The van der Waals surface area contributed by atoms with Crippen molar-refractivity contribution in [2.45, 2.75) is 33.4 Å². The zero-order valence-corrected chi connectivity index (χ0v) is 16.4. The summed E-state index contributed by atoms with van der Waals surface area (Å²) in [5, 5.41) is 0. The molecule has 1 unspecified atom stereocenters. The molecule has 0 bridgehead atoms. The van der Waals surface area contributed by atoms with Crippen molar-refractivity contribution in [2.75, 3.05) is 26.8 Å². The molecule has 2 aromatic heterocycles. The third kappa shape index (κ3) is 3.35. The third-order valence-corrected chi connectivity index (χ3v) is 5.43. The Morgan fingerprint density at radius 1 is 1.15 bits per heavy atom. The van der Waals surface area contributed by atoms with Gasteiger partial charge in [0, 0.05) is 39.6 Å². The number of methoxy groups -OCH3 is 1. The Morgan fingerprint density at radius 2 is 1.81 bits per heavy atom. The lowest BCUT2D eigenvalue weighted by molar-refractivity contribution is -0.926. The number of hydrogen-bond donors (Lipinski definition) is 1. The minimum atomic E-state index is -0.349. The normalized spacial score (nSPS) is 23.7. The van der Waals surface area contributed by atoms with Crippen LogP contribution < -0.4 is 16.1 Å². The highest BCUT2D eigenvalue weighted by Crippen LogP contribution is 2.14. The van der Waals surface area contributed by atoms with Gasteiger partial charge in [0.25, 0.3) is 5.56 Å². The minimum absolute atomic E-state index is 0.298. The number of aryl methyl sites for hydroxylation is 1. The van der Waals surface area contributed by atoms with Crippen molar-refractivity contribution in [3.63, 3.8) is 0 Å². The lowest BCUT2D eigenvalue weighted by Crippen LogP contribution is -3.13. The van der Waals surface area contributed by atoms with Crippen LogP contribution in [0.3, 0.4) is 0 Å².